The molecule has 0 bridgehead atoms. The quantitative estimate of drug-likeness (QED) is 0.549. The molecule has 0 aliphatic rings. The van der Waals surface area contributed by atoms with E-state index < -0.39 is 0 Å². The van der Waals surface area contributed by atoms with Crippen LogP contribution in [0.5, 0.6) is 0 Å². The first-order valence-electron chi connectivity index (χ1n) is 7.83. The molecule has 0 saturated carbocycles. The average Bonchev–Trinajstić information content (AvgIpc) is 2.24. The maximum absolute atomic E-state index is 3.50. The summed E-state index contributed by atoms with van der Waals surface area (Å²) in [4.78, 5) is 0. The summed E-state index contributed by atoms with van der Waals surface area (Å²) in [7, 11) is 0. The Balaban J connectivity index is 3.04. The predicted molar refractivity (Wildman–Crippen MR) is 83.1 cm³/mol. The zero-order chi connectivity index (χ0) is 13.9. The van der Waals surface area contributed by atoms with Crippen molar-refractivity contribution in [2.45, 2.75) is 66.7 Å². The van der Waals surface area contributed by atoms with Crippen molar-refractivity contribution in [3.05, 3.63) is 0 Å². The summed E-state index contributed by atoms with van der Waals surface area (Å²) in [6.07, 6.45) is 6.65. The van der Waals surface area contributed by atoms with E-state index in [4.69, 9.17) is 0 Å². The van der Waals surface area contributed by atoms with Crippen LogP contribution in [0.2, 0.25) is 0 Å². The molecule has 0 saturated heterocycles. The molecule has 0 fully saturated rings. The number of hydrogen-bond donors (Lipinski definition) is 2. The molecule has 0 aromatic rings. The predicted octanol–water partition coefficient (Wildman–Crippen LogP) is 3.82. The topological polar surface area (TPSA) is 24.1 Å². The Morgan fingerprint density at radius 3 is 1.83 bits per heavy atom. The summed E-state index contributed by atoms with van der Waals surface area (Å²) in [6.45, 7) is 16.1. The van der Waals surface area contributed by atoms with E-state index in [1.165, 1.54) is 38.6 Å². The third kappa shape index (κ3) is 15.9. The molecule has 0 rings (SSSR count). The molecule has 18 heavy (non-hydrogen) atoms. The highest BCUT2D eigenvalue weighted by molar-refractivity contribution is 4.62. The van der Waals surface area contributed by atoms with Gasteiger partial charge in [0.2, 0.25) is 0 Å². The van der Waals surface area contributed by atoms with Crippen LogP contribution in [0.25, 0.3) is 0 Å². The SMILES string of the molecule is CC(C)CCCCNCCNCCCC(C)(C)C. The van der Waals surface area contributed by atoms with E-state index >= 15 is 0 Å². The highest BCUT2D eigenvalue weighted by Gasteiger charge is 2.08. The monoisotopic (exact) mass is 256 g/mol. The first kappa shape index (κ1) is 17.9. The van der Waals surface area contributed by atoms with Gasteiger partial charge in [-0.3, -0.25) is 0 Å². The van der Waals surface area contributed by atoms with Gasteiger partial charge in [-0.1, -0.05) is 47.5 Å². The second-order valence-corrected chi connectivity index (χ2v) is 7.05. The molecule has 0 aromatic carbocycles. The molecule has 2 N–H and O–H groups in total. The first-order chi connectivity index (χ1) is 8.42. The lowest BCUT2D eigenvalue weighted by atomic mass is 9.91. The van der Waals surface area contributed by atoms with Gasteiger partial charge in [-0.15, -0.1) is 0 Å². The Kier molecular flexibility index (Phi) is 10.8. The van der Waals surface area contributed by atoms with Gasteiger partial charge in [-0.05, 0) is 43.7 Å². The summed E-state index contributed by atoms with van der Waals surface area (Å²) in [5, 5.41) is 7.01. The molecule has 0 aromatic heterocycles. The van der Waals surface area contributed by atoms with Crippen LogP contribution in [0.4, 0.5) is 0 Å². The van der Waals surface area contributed by atoms with E-state index in [0.29, 0.717) is 5.41 Å². The Labute approximate surface area is 115 Å². The van der Waals surface area contributed by atoms with Crippen LogP contribution in [0.3, 0.4) is 0 Å². The van der Waals surface area contributed by atoms with Crippen molar-refractivity contribution in [2.75, 3.05) is 26.2 Å². The third-order valence-corrected chi connectivity index (χ3v) is 3.14. The summed E-state index contributed by atoms with van der Waals surface area (Å²) in [5.74, 6) is 0.856. The average molecular weight is 256 g/mol. The lowest BCUT2D eigenvalue weighted by Crippen LogP contribution is -2.29. The fraction of sp³-hybridized carbons (Fsp3) is 1.00. The lowest BCUT2D eigenvalue weighted by Gasteiger charge is -2.17. The smallest absolute Gasteiger partial charge is 0.00767 e. The Morgan fingerprint density at radius 2 is 1.33 bits per heavy atom. The normalized spacial score (nSPS) is 12.3. The molecule has 0 atom stereocenters. The van der Waals surface area contributed by atoms with E-state index in [2.05, 4.69) is 45.3 Å². The second-order valence-electron chi connectivity index (χ2n) is 7.05. The summed E-state index contributed by atoms with van der Waals surface area (Å²) in [5.41, 5.74) is 0.482. The van der Waals surface area contributed by atoms with E-state index in [-0.39, 0.29) is 0 Å². The van der Waals surface area contributed by atoms with Crippen molar-refractivity contribution in [1.82, 2.24) is 10.6 Å². The maximum atomic E-state index is 3.50. The van der Waals surface area contributed by atoms with Crippen LogP contribution in [0.15, 0.2) is 0 Å². The van der Waals surface area contributed by atoms with E-state index in [9.17, 15) is 0 Å². The van der Waals surface area contributed by atoms with Gasteiger partial charge in [0, 0.05) is 13.1 Å². The molecule has 110 valence electrons. The summed E-state index contributed by atoms with van der Waals surface area (Å²) in [6, 6.07) is 0. The third-order valence-electron chi connectivity index (χ3n) is 3.14. The minimum atomic E-state index is 0.482. The second kappa shape index (κ2) is 10.8. The molecule has 2 heteroatoms. The van der Waals surface area contributed by atoms with Crippen LogP contribution in [-0.2, 0) is 0 Å². The largest absolute Gasteiger partial charge is 0.315 e. The molecule has 2 nitrogen and oxygen atoms in total. The fourth-order valence-corrected chi connectivity index (χ4v) is 1.97. The first-order valence-corrected chi connectivity index (χ1v) is 7.83. The summed E-state index contributed by atoms with van der Waals surface area (Å²) >= 11 is 0. The Morgan fingerprint density at radius 1 is 0.778 bits per heavy atom. The Bertz CT molecular complexity index is 170. The van der Waals surface area contributed by atoms with Gasteiger partial charge in [-0.25, -0.2) is 0 Å². The van der Waals surface area contributed by atoms with Gasteiger partial charge in [0.15, 0.2) is 0 Å². The van der Waals surface area contributed by atoms with Crippen LogP contribution in [-0.4, -0.2) is 26.2 Å². The van der Waals surface area contributed by atoms with Crippen LogP contribution in [0, 0.1) is 11.3 Å². The van der Waals surface area contributed by atoms with E-state index in [1.807, 2.05) is 0 Å². The van der Waals surface area contributed by atoms with Gasteiger partial charge < -0.3 is 10.6 Å². The van der Waals surface area contributed by atoms with Gasteiger partial charge in [0.05, 0.1) is 0 Å². The van der Waals surface area contributed by atoms with Gasteiger partial charge >= 0.3 is 0 Å². The highest BCUT2D eigenvalue weighted by Crippen LogP contribution is 2.19. The van der Waals surface area contributed by atoms with Crippen LogP contribution in [0.1, 0.15) is 66.7 Å². The van der Waals surface area contributed by atoms with E-state index in [1.54, 1.807) is 0 Å². The molecule has 0 radical (unpaired) electrons. The van der Waals surface area contributed by atoms with Crippen molar-refractivity contribution >= 4 is 0 Å². The zero-order valence-electron chi connectivity index (χ0n) is 13.4. The highest BCUT2D eigenvalue weighted by atomic mass is 14.9. The zero-order valence-corrected chi connectivity index (χ0v) is 13.4. The van der Waals surface area contributed by atoms with E-state index in [0.717, 1.165) is 25.6 Å². The van der Waals surface area contributed by atoms with Crippen molar-refractivity contribution in [3.8, 4) is 0 Å². The molecular formula is C16H36N2. The molecule has 0 aliphatic carbocycles. The fourth-order valence-electron chi connectivity index (χ4n) is 1.97. The minimum absolute atomic E-state index is 0.482. The molecular weight excluding hydrogens is 220 g/mol. The van der Waals surface area contributed by atoms with Crippen molar-refractivity contribution in [2.24, 2.45) is 11.3 Å². The lowest BCUT2D eigenvalue weighted by molar-refractivity contribution is 0.361. The Hall–Kier alpha value is -0.0800. The van der Waals surface area contributed by atoms with Gasteiger partial charge in [-0.2, -0.15) is 0 Å². The van der Waals surface area contributed by atoms with Crippen molar-refractivity contribution in [1.29, 1.82) is 0 Å². The van der Waals surface area contributed by atoms with Crippen molar-refractivity contribution < 1.29 is 0 Å². The number of unbranched alkanes of at least 4 members (excludes halogenated alkanes) is 1. The van der Waals surface area contributed by atoms with Crippen LogP contribution < -0.4 is 10.6 Å². The molecule has 0 amide bonds. The minimum Gasteiger partial charge on any atom is -0.315 e. The number of rotatable bonds is 11. The number of hydrogen-bond acceptors (Lipinski definition) is 2. The molecule has 0 unspecified atom stereocenters. The van der Waals surface area contributed by atoms with Gasteiger partial charge in [0.25, 0.3) is 0 Å². The molecule has 0 spiro atoms. The molecule has 0 aliphatic heterocycles. The number of nitrogens with one attached hydrogen (secondary N) is 2. The summed E-state index contributed by atoms with van der Waals surface area (Å²) < 4.78 is 0. The van der Waals surface area contributed by atoms with Crippen LogP contribution >= 0.6 is 0 Å². The molecule has 0 heterocycles. The van der Waals surface area contributed by atoms with Gasteiger partial charge in [0.1, 0.15) is 0 Å². The van der Waals surface area contributed by atoms with Crippen molar-refractivity contribution in [3.63, 3.8) is 0 Å². The standard InChI is InChI=1S/C16H36N2/c1-15(2)9-6-7-11-17-13-14-18-12-8-10-16(3,4)5/h15,17-18H,6-14H2,1-5H3. The maximum Gasteiger partial charge on any atom is 0.00767 e.